The molecule has 0 aromatic heterocycles. The summed E-state index contributed by atoms with van der Waals surface area (Å²) in [6, 6.07) is 8.74. The predicted octanol–water partition coefficient (Wildman–Crippen LogP) is 1.15. The summed E-state index contributed by atoms with van der Waals surface area (Å²) in [5, 5.41) is 23.4. The molecule has 0 spiro atoms. The van der Waals surface area contributed by atoms with Crippen molar-refractivity contribution in [2.24, 2.45) is 5.73 Å². The largest absolute Gasteiger partial charge is 0.481 e. The van der Waals surface area contributed by atoms with E-state index in [1.54, 1.807) is 51.1 Å². The van der Waals surface area contributed by atoms with Crippen molar-refractivity contribution in [3.63, 3.8) is 0 Å². The molecule has 1 amide bonds. The first-order valence-corrected chi connectivity index (χ1v) is 10.5. The normalized spacial score (nSPS) is 15.5. The van der Waals surface area contributed by atoms with Crippen LogP contribution in [0.3, 0.4) is 0 Å². The van der Waals surface area contributed by atoms with Gasteiger partial charge in [0.25, 0.3) is 0 Å². The summed E-state index contributed by atoms with van der Waals surface area (Å²) >= 11 is 0. The van der Waals surface area contributed by atoms with Crippen LogP contribution in [-0.4, -0.2) is 64.8 Å². The Kier molecular flexibility index (Phi) is 10.7. The number of hydrogen-bond donors (Lipinski definition) is 5. The predicted molar refractivity (Wildman–Crippen MR) is 122 cm³/mol. The molecule has 1 saturated heterocycles. The van der Waals surface area contributed by atoms with Crippen LogP contribution in [-0.2, 0) is 23.9 Å². The van der Waals surface area contributed by atoms with Gasteiger partial charge in [-0.15, -0.1) is 0 Å². The molecule has 1 heterocycles. The van der Waals surface area contributed by atoms with E-state index in [2.05, 4.69) is 10.6 Å². The number of carboxylic acids is 2. The van der Waals surface area contributed by atoms with Crippen LogP contribution in [0.5, 0.6) is 0 Å². The molecule has 10 nitrogen and oxygen atoms in total. The lowest BCUT2D eigenvalue weighted by atomic mass is 9.87. The van der Waals surface area contributed by atoms with Crippen molar-refractivity contribution in [1.29, 1.82) is 0 Å². The Morgan fingerprint density at radius 2 is 1.70 bits per heavy atom. The van der Waals surface area contributed by atoms with Crippen LogP contribution < -0.4 is 16.4 Å². The number of carbonyl (C=O) groups excluding carboxylic acids is 2. The average Bonchev–Trinajstić information content (AvgIpc) is 2.72. The van der Waals surface area contributed by atoms with E-state index in [1.165, 1.54) is 6.08 Å². The smallest absolute Gasteiger partial charge is 0.332 e. The number of primary amides is 1. The van der Waals surface area contributed by atoms with Crippen molar-refractivity contribution >= 4 is 29.9 Å². The summed E-state index contributed by atoms with van der Waals surface area (Å²) in [5.41, 5.74) is 4.67. The molecule has 182 valence electrons. The zero-order chi connectivity index (χ0) is 25.1. The summed E-state index contributed by atoms with van der Waals surface area (Å²) in [4.78, 5) is 44.3. The highest BCUT2D eigenvalue weighted by Gasteiger charge is 2.38. The third kappa shape index (κ3) is 10.8. The van der Waals surface area contributed by atoms with E-state index in [4.69, 9.17) is 20.7 Å². The summed E-state index contributed by atoms with van der Waals surface area (Å²) in [5.74, 6) is -3.14. The van der Waals surface area contributed by atoms with Gasteiger partial charge in [-0.1, -0.05) is 30.3 Å². The number of carbonyl (C=O) groups is 4. The van der Waals surface area contributed by atoms with E-state index in [9.17, 15) is 19.2 Å². The molecule has 1 fully saturated rings. The van der Waals surface area contributed by atoms with Crippen LogP contribution in [0.25, 0.3) is 6.08 Å². The SMILES string of the molecule is CC(C)(C)OC(=O)CNC1(C(N)=O)CCNCC1.O=C(O)C/C(=C\c1ccccc1)C(=O)O. The van der Waals surface area contributed by atoms with Gasteiger partial charge in [0.05, 0.1) is 13.0 Å². The van der Waals surface area contributed by atoms with Gasteiger partial charge in [-0.05, 0) is 58.3 Å². The molecular weight excluding hydrogens is 430 g/mol. The van der Waals surface area contributed by atoms with Gasteiger partial charge in [0.1, 0.15) is 11.1 Å². The number of ether oxygens (including phenoxy) is 1. The molecule has 0 radical (unpaired) electrons. The Balaban J connectivity index is 0.000000335. The van der Waals surface area contributed by atoms with E-state index in [0.717, 1.165) is 0 Å². The van der Waals surface area contributed by atoms with E-state index in [1.807, 2.05) is 0 Å². The summed E-state index contributed by atoms with van der Waals surface area (Å²) in [7, 11) is 0. The second kappa shape index (κ2) is 12.7. The van der Waals surface area contributed by atoms with Crippen molar-refractivity contribution < 1.29 is 34.1 Å². The minimum atomic E-state index is -1.21. The van der Waals surface area contributed by atoms with Gasteiger partial charge < -0.3 is 26.0 Å². The molecular formula is C23H33N3O7. The van der Waals surface area contributed by atoms with Crippen LogP contribution in [0.2, 0.25) is 0 Å². The number of benzene rings is 1. The fraction of sp³-hybridized carbons (Fsp3) is 0.478. The Labute approximate surface area is 193 Å². The number of nitrogens with one attached hydrogen (secondary N) is 2. The molecule has 33 heavy (non-hydrogen) atoms. The van der Waals surface area contributed by atoms with Crippen molar-refractivity contribution in [3.05, 3.63) is 41.5 Å². The average molecular weight is 464 g/mol. The second-order valence-electron chi connectivity index (χ2n) is 8.59. The zero-order valence-electron chi connectivity index (χ0n) is 19.2. The highest BCUT2D eigenvalue weighted by Crippen LogP contribution is 2.18. The van der Waals surface area contributed by atoms with E-state index >= 15 is 0 Å². The molecule has 1 aromatic carbocycles. The highest BCUT2D eigenvalue weighted by atomic mass is 16.6. The van der Waals surface area contributed by atoms with Crippen molar-refractivity contribution in [2.75, 3.05) is 19.6 Å². The fourth-order valence-electron chi connectivity index (χ4n) is 3.08. The maximum absolute atomic E-state index is 11.6. The molecule has 0 atom stereocenters. The zero-order valence-corrected chi connectivity index (χ0v) is 19.2. The van der Waals surface area contributed by atoms with Gasteiger partial charge in [-0.25, -0.2) is 4.79 Å². The lowest BCUT2D eigenvalue weighted by Gasteiger charge is -2.35. The first kappa shape index (κ1) is 27.8. The summed E-state index contributed by atoms with van der Waals surface area (Å²) < 4.78 is 5.18. The lowest BCUT2D eigenvalue weighted by Crippen LogP contribution is -2.61. The summed E-state index contributed by atoms with van der Waals surface area (Å²) in [6.07, 6.45) is 2.05. The van der Waals surface area contributed by atoms with Gasteiger partial charge in [-0.3, -0.25) is 19.7 Å². The molecule has 1 aromatic rings. The highest BCUT2D eigenvalue weighted by molar-refractivity contribution is 5.96. The quantitative estimate of drug-likeness (QED) is 0.280. The Morgan fingerprint density at radius 3 is 2.15 bits per heavy atom. The lowest BCUT2D eigenvalue weighted by molar-refractivity contribution is -0.154. The number of nitrogens with two attached hydrogens (primary N) is 1. The van der Waals surface area contributed by atoms with E-state index in [0.29, 0.717) is 31.5 Å². The minimum absolute atomic E-state index is 0.000208. The van der Waals surface area contributed by atoms with Crippen LogP contribution in [0.15, 0.2) is 35.9 Å². The van der Waals surface area contributed by atoms with Gasteiger partial charge in [0.15, 0.2) is 0 Å². The number of esters is 1. The molecule has 2 rings (SSSR count). The van der Waals surface area contributed by atoms with Crippen LogP contribution in [0, 0.1) is 0 Å². The second-order valence-corrected chi connectivity index (χ2v) is 8.59. The van der Waals surface area contributed by atoms with Gasteiger partial charge in [-0.2, -0.15) is 0 Å². The number of carboxylic acid groups (broad SMARTS) is 2. The molecule has 0 saturated carbocycles. The van der Waals surface area contributed by atoms with Gasteiger partial charge >= 0.3 is 17.9 Å². The molecule has 6 N–H and O–H groups in total. The third-order valence-corrected chi connectivity index (χ3v) is 4.68. The van der Waals surface area contributed by atoms with Crippen molar-refractivity contribution in [2.45, 2.75) is 51.2 Å². The minimum Gasteiger partial charge on any atom is -0.481 e. The first-order valence-electron chi connectivity index (χ1n) is 10.5. The molecule has 10 heteroatoms. The van der Waals surface area contributed by atoms with E-state index < -0.39 is 35.4 Å². The van der Waals surface area contributed by atoms with Crippen molar-refractivity contribution in [1.82, 2.24) is 10.6 Å². The Bertz CT molecular complexity index is 855. The number of rotatable bonds is 8. The Hall–Kier alpha value is -3.24. The third-order valence-electron chi connectivity index (χ3n) is 4.68. The maximum atomic E-state index is 11.6. The number of piperidine rings is 1. The van der Waals surface area contributed by atoms with Crippen molar-refractivity contribution in [3.8, 4) is 0 Å². The molecule has 0 aliphatic carbocycles. The molecule has 1 aliphatic heterocycles. The maximum Gasteiger partial charge on any atom is 0.332 e. The number of amides is 1. The summed E-state index contributed by atoms with van der Waals surface area (Å²) in [6.45, 7) is 6.84. The molecule has 0 bridgehead atoms. The van der Waals surface area contributed by atoms with Gasteiger partial charge in [0.2, 0.25) is 5.91 Å². The van der Waals surface area contributed by atoms with Gasteiger partial charge in [0, 0.05) is 5.57 Å². The topological polar surface area (TPSA) is 168 Å². The molecule has 1 aliphatic rings. The Morgan fingerprint density at radius 1 is 1.12 bits per heavy atom. The standard InChI is InChI=1S/C12H23N3O3.C11H10O4/c1-11(2,3)18-9(16)8-15-12(10(13)17)4-6-14-7-5-12;12-10(13)7-9(11(14)15)6-8-4-2-1-3-5-8/h14-15H,4-8H2,1-3H3,(H2,13,17);1-6H,7H2,(H,12,13)(H,14,15)/b;9-6+. The van der Waals surface area contributed by atoms with Crippen LogP contribution in [0.1, 0.15) is 45.6 Å². The number of aliphatic carboxylic acids is 2. The van der Waals surface area contributed by atoms with Crippen LogP contribution >= 0.6 is 0 Å². The van der Waals surface area contributed by atoms with E-state index in [-0.39, 0.29) is 18.1 Å². The monoisotopic (exact) mass is 463 g/mol. The fourth-order valence-corrected chi connectivity index (χ4v) is 3.08. The first-order chi connectivity index (χ1) is 15.3. The number of hydrogen-bond acceptors (Lipinski definition) is 7. The molecule has 0 unspecified atom stereocenters. The van der Waals surface area contributed by atoms with Crippen LogP contribution in [0.4, 0.5) is 0 Å².